The number of amides is 1. The number of rotatable bonds is 1. The van der Waals surface area contributed by atoms with Gasteiger partial charge in [-0.3, -0.25) is 9.48 Å². The predicted molar refractivity (Wildman–Crippen MR) is 88.2 cm³/mol. The van der Waals surface area contributed by atoms with Crippen molar-refractivity contribution >= 4 is 23.1 Å². The zero-order valence-corrected chi connectivity index (χ0v) is 13.2. The van der Waals surface area contributed by atoms with Crippen LogP contribution in [0.4, 0.5) is 17.2 Å². The molecule has 0 saturated heterocycles. The minimum absolute atomic E-state index is 0.0970. The van der Waals surface area contributed by atoms with Crippen LogP contribution >= 0.6 is 0 Å². The maximum absolute atomic E-state index is 13.0. The van der Waals surface area contributed by atoms with Gasteiger partial charge in [0.25, 0.3) is 5.91 Å². The average molecular weight is 299 g/mol. The van der Waals surface area contributed by atoms with Gasteiger partial charge in [-0.2, -0.15) is 5.10 Å². The van der Waals surface area contributed by atoms with Crippen LogP contribution in [0.5, 0.6) is 0 Å². The fourth-order valence-corrected chi connectivity index (χ4v) is 3.00. The second-order valence-corrected chi connectivity index (χ2v) is 5.96. The molecule has 1 aliphatic heterocycles. The first-order valence-corrected chi connectivity index (χ1v) is 7.38. The summed E-state index contributed by atoms with van der Waals surface area (Å²) >= 11 is 0. The highest BCUT2D eigenvalue weighted by atomic mass is 16.2. The van der Waals surface area contributed by atoms with Crippen LogP contribution in [0.15, 0.2) is 30.5 Å². The van der Waals surface area contributed by atoms with E-state index in [1.165, 1.54) is 4.68 Å². The average Bonchev–Trinajstić information content (AvgIpc) is 2.77. The van der Waals surface area contributed by atoms with Crippen molar-refractivity contribution in [3.63, 3.8) is 0 Å². The number of nitrogen functional groups attached to an aromatic ring is 1. The highest BCUT2D eigenvalue weighted by molar-refractivity contribution is 6.10. The number of benzene rings is 1. The number of fused-ring (bicyclic) bond motifs is 1. The Bertz CT molecular complexity index is 708. The normalized spacial score (nSPS) is 18.0. The van der Waals surface area contributed by atoms with Crippen molar-refractivity contribution in [2.24, 2.45) is 13.0 Å². The van der Waals surface area contributed by atoms with Gasteiger partial charge in [-0.25, -0.2) is 0 Å². The minimum atomic E-state index is -0.0970. The third kappa shape index (κ3) is 2.30. The Morgan fingerprint density at radius 1 is 1.23 bits per heavy atom. The topological polar surface area (TPSA) is 67.4 Å². The summed E-state index contributed by atoms with van der Waals surface area (Å²) in [6.45, 7) is 3.72. The molecule has 1 aliphatic rings. The summed E-state index contributed by atoms with van der Waals surface area (Å²) in [7, 11) is 3.79. The van der Waals surface area contributed by atoms with E-state index >= 15 is 0 Å². The summed E-state index contributed by atoms with van der Waals surface area (Å²) in [6.07, 6.45) is 1.54. The van der Waals surface area contributed by atoms with E-state index in [0.29, 0.717) is 23.8 Å². The molecule has 0 fully saturated rings. The molecular formula is C16H21N5O. The predicted octanol–water partition coefficient (Wildman–Crippen LogP) is 1.73. The largest absolute Gasteiger partial charge is 0.383 e. The maximum Gasteiger partial charge on any atom is 0.263 e. The van der Waals surface area contributed by atoms with E-state index in [2.05, 4.69) is 24.0 Å². The van der Waals surface area contributed by atoms with E-state index in [9.17, 15) is 4.79 Å². The van der Waals surface area contributed by atoms with E-state index in [-0.39, 0.29) is 5.91 Å². The Morgan fingerprint density at radius 2 is 1.91 bits per heavy atom. The van der Waals surface area contributed by atoms with Gasteiger partial charge in [0.1, 0.15) is 11.4 Å². The molecule has 0 radical (unpaired) electrons. The fraction of sp³-hybridized carbons (Fsp3) is 0.375. The van der Waals surface area contributed by atoms with Crippen molar-refractivity contribution in [3.05, 3.63) is 36.0 Å². The number of nitrogens with zero attached hydrogens (tertiary/aromatic N) is 4. The minimum Gasteiger partial charge on any atom is -0.383 e. The first-order chi connectivity index (χ1) is 10.5. The third-order valence-corrected chi connectivity index (χ3v) is 4.12. The first-order valence-electron chi connectivity index (χ1n) is 7.38. The SMILES string of the molecule is CC1CN(C)c2ccccc2N(C(=O)c2cnn(C)c2N)C1. The second kappa shape index (κ2) is 5.36. The number of hydrogen-bond donors (Lipinski definition) is 1. The summed E-state index contributed by atoms with van der Waals surface area (Å²) in [6, 6.07) is 7.97. The van der Waals surface area contributed by atoms with E-state index < -0.39 is 0 Å². The van der Waals surface area contributed by atoms with Crippen LogP contribution in [-0.2, 0) is 7.05 Å². The second-order valence-electron chi connectivity index (χ2n) is 5.96. The summed E-state index contributed by atoms with van der Waals surface area (Å²) in [4.78, 5) is 17.0. The van der Waals surface area contributed by atoms with Crippen molar-refractivity contribution in [2.75, 3.05) is 35.7 Å². The Hall–Kier alpha value is -2.50. The molecule has 6 heteroatoms. The highest BCUT2D eigenvalue weighted by Crippen LogP contribution is 2.33. The Labute approximate surface area is 130 Å². The molecule has 0 saturated carbocycles. The molecule has 116 valence electrons. The van der Waals surface area contributed by atoms with Gasteiger partial charge in [-0.1, -0.05) is 19.1 Å². The van der Waals surface area contributed by atoms with Gasteiger partial charge in [0, 0.05) is 27.2 Å². The van der Waals surface area contributed by atoms with Crippen molar-refractivity contribution < 1.29 is 4.79 Å². The number of hydrogen-bond acceptors (Lipinski definition) is 4. The Balaban J connectivity index is 2.06. The Kier molecular flexibility index (Phi) is 3.52. The van der Waals surface area contributed by atoms with Gasteiger partial charge in [-0.15, -0.1) is 0 Å². The molecule has 0 bridgehead atoms. The van der Waals surface area contributed by atoms with Crippen molar-refractivity contribution in [3.8, 4) is 0 Å². The summed E-state index contributed by atoms with van der Waals surface area (Å²) in [5.41, 5.74) is 8.40. The lowest BCUT2D eigenvalue weighted by atomic mass is 10.1. The van der Waals surface area contributed by atoms with Crippen LogP contribution in [0.3, 0.4) is 0 Å². The number of nitrogens with two attached hydrogens (primary N) is 1. The van der Waals surface area contributed by atoms with E-state index in [0.717, 1.165) is 17.9 Å². The van der Waals surface area contributed by atoms with Crippen LogP contribution in [-0.4, -0.2) is 35.8 Å². The van der Waals surface area contributed by atoms with Gasteiger partial charge in [0.15, 0.2) is 0 Å². The summed E-state index contributed by atoms with van der Waals surface area (Å²) in [5.74, 6) is 0.659. The first kappa shape index (κ1) is 14.4. The zero-order chi connectivity index (χ0) is 15.9. The molecular weight excluding hydrogens is 278 g/mol. The van der Waals surface area contributed by atoms with Crippen LogP contribution in [0, 0.1) is 5.92 Å². The standard InChI is InChI=1S/C16H21N5O/c1-11-9-19(2)13-6-4-5-7-14(13)21(10-11)16(22)12-8-18-20(3)15(12)17/h4-8,11H,9-10,17H2,1-3H3. The third-order valence-electron chi connectivity index (χ3n) is 4.12. The molecule has 6 nitrogen and oxygen atoms in total. The molecule has 2 N–H and O–H groups in total. The van der Waals surface area contributed by atoms with Crippen LogP contribution < -0.4 is 15.5 Å². The van der Waals surface area contributed by atoms with Gasteiger partial charge in [0.2, 0.25) is 0 Å². The molecule has 0 aliphatic carbocycles. The number of carbonyl (C=O) groups is 1. The van der Waals surface area contributed by atoms with E-state index in [1.54, 1.807) is 13.2 Å². The monoisotopic (exact) mass is 299 g/mol. The van der Waals surface area contributed by atoms with E-state index in [4.69, 9.17) is 5.73 Å². The smallest absolute Gasteiger partial charge is 0.263 e. The quantitative estimate of drug-likeness (QED) is 0.871. The fourth-order valence-electron chi connectivity index (χ4n) is 3.00. The molecule has 0 spiro atoms. The number of para-hydroxylation sites is 2. The molecule has 1 unspecified atom stereocenters. The summed E-state index contributed by atoms with van der Waals surface area (Å²) in [5, 5.41) is 4.08. The van der Waals surface area contributed by atoms with Crippen LogP contribution in [0.1, 0.15) is 17.3 Å². The number of anilines is 3. The zero-order valence-electron chi connectivity index (χ0n) is 13.2. The molecule has 2 aromatic rings. The van der Waals surface area contributed by atoms with Crippen LogP contribution in [0.25, 0.3) is 0 Å². The lowest BCUT2D eigenvalue weighted by molar-refractivity contribution is 0.0985. The van der Waals surface area contributed by atoms with Gasteiger partial charge >= 0.3 is 0 Å². The molecule has 1 aromatic carbocycles. The molecule has 1 aromatic heterocycles. The summed E-state index contributed by atoms with van der Waals surface area (Å²) < 4.78 is 1.52. The van der Waals surface area contributed by atoms with Crippen molar-refractivity contribution in [1.29, 1.82) is 0 Å². The van der Waals surface area contributed by atoms with Gasteiger partial charge < -0.3 is 15.5 Å². The van der Waals surface area contributed by atoms with Crippen LogP contribution in [0.2, 0.25) is 0 Å². The molecule has 2 heterocycles. The highest BCUT2D eigenvalue weighted by Gasteiger charge is 2.29. The molecule has 1 amide bonds. The molecule has 1 atom stereocenters. The maximum atomic E-state index is 13.0. The Morgan fingerprint density at radius 3 is 2.55 bits per heavy atom. The lowest BCUT2D eigenvalue weighted by Crippen LogP contribution is -2.35. The van der Waals surface area contributed by atoms with Gasteiger partial charge in [0.05, 0.1) is 17.6 Å². The molecule has 22 heavy (non-hydrogen) atoms. The van der Waals surface area contributed by atoms with Crippen molar-refractivity contribution in [1.82, 2.24) is 9.78 Å². The van der Waals surface area contributed by atoms with E-state index in [1.807, 2.05) is 29.2 Å². The van der Waals surface area contributed by atoms with Gasteiger partial charge in [-0.05, 0) is 18.1 Å². The number of carbonyl (C=O) groups excluding carboxylic acids is 1. The number of aryl methyl sites for hydroxylation is 1. The molecule has 3 rings (SSSR count). The van der Waals surface area contributed by atoms with Crippen molar-refractivity contribution in [2.45, 2.75) is 6.92 Å². The lowest BCUT2D eigenvalue weighted by Gasteiger charge is -2.24. The number of aromatic nitrogens is 2.